The first kappa shape index (κ1) is 11.9. The minimum absolute atomic E-state index is 0.158. The van der Waals surface area contributed by atoms with Gasteiger partial charge in [-0.05, 0) is 54.0 Å². The standard InChI is InChI=1S/C15H16FNS/c16-12-4-1-3-11(9-12)10-17-14-5-2-6-15-13(14)7-8-18-15/h1,3-4,7-9,14,17H,2,5-6,10H2. The second-order valence-electron chi connectivity index (χ2n) is 4.75. The van der Waals surface area contributed by atoms with E-state index < -0.39 is 0 Å². The van der Waals surface area contributed by atoms with E-state index in [9.17, 15) is 4.39 Å². The molecule has 18 heavy (non-hydrogen) atoms. The van der Waals surface area contributed by atoms with Gasteiger partial charge in [-0.15, -0.1) is 11.3 Å². The number of benzene rings is 1. The molecule has 1 nitrogen and oxygen atoms in total. The molecule has 0 saturated carbocycles. The van der Waals surface area contributed by atoms with Gasteiger partial charge in [-0.3, -0.25) is 0 Å². The number of hydrogen-bond acceptors (Lipinski definition) is 2. The van der Waals surface area contributed by atoms with Crippen LogP contribution in [0.2, 0.25) is 0 Å². The Morgan fingerprint density at radius 2 is 2.28 bits per heavy atom. The van der Waals surface area contributed by atoms with Crippen LogP contribution < -0.4 is 5.32 Å². The van der Waals surface area contributed by atoms with Crippen molar-refractivity contribution in [2.45, 2.75) is 31.8 Å². The van der Waals surface area contributed by atoms with Crippen LogP contribution in [-0.4, -0.2) is 0 Å². The molecule has 94 valence electrons. The van der Waals surface area contributed by atoms with Gasteiger partial charge in [0.05, 0.1) is 0 Å². The van der Waals surface area contributed by atoms with Gasteiger partial charge >= 0.3 is 0 Å². The van der Waals surface area contributed by atoms with Gasteiger partial charge in [-0.25, -0.2) is 4.39 Å². The molecule has 1 N–H and O–H groups in total. The molecule has 2 aromatic rings. The van der Waals surface area contributed by atoms with Gasteiger partial charge in [-0.2, -0.15) is 0 Å². The highest BCUT2D eigenvalue weighted by Gasteiger charge is 2.20. The number of fused-ring (bicyclic) bond motifs is 1. The first-order valence-electron chi connectivity index (χ1n) is 6.37. The van der Waals surface area contributed by atoms with E-state index in [4.69, 9.17) is 0 Å². The van der Waals surface area contributed by atoms with Crippen molar-refractivity contribution in [1.29, 1.82) is 0 Å². The second-order valence-corrected chi connectivity index (χ2v) is 5.76. The van der Waals surface area contributed by atoms with E-state index in [2.05, 4.69) is 16.8 Å². The monoisotopic (exact) mass is 261 g/mol. The van der Waals surface area contributed by atoms with Gasteiger partial charge in [0.2, 0.25) is 0 Å². The van der Waals surface area contributed by atoms with Gasteiger partial charge in [0.25, 0.3) is 0 Å². The van der Waals surface area contributed by atoms with Crippen LogP contribution in [0.15, 0.2) is 35.7 Å². The highest BCUT2D eigenvalue weighted by molar-refractivity contribution is 7.10. The molecule has 1 aromatic heterocycles. The molecule has 1 unspecified atom stereocenters. The summed E-state index contributed by atoms with van der Waals surface area (Å²) in [5, 5.41) is 5.72. The molecule has 0 radical (unpaired) electrons. The van der Waals surface area contributed by atoms with Crippen molar-refractivity contribution in [2.24, 2.45) is 0 Å². The lowest BCUT2D eigenvalue weighted by Gasteiger charge is -2.23. The third-order valence-corrected chi connectivity index (χ3v) is 4.49. The number of hydrogen-bond donors (Lipinski definition) is 1. The maximum atomic E-state index is 13.1. The molecule has 0 saturated heterocycles. The molecule has 0 fully saturated rings. The van der Waals surface area contributed by atoms with Crippen LogP contribution >= 0.6 is 11.3 Å². The van der Waals surface area contributed by atoms with Crippen LogP contribution in [0.1, 0.15) is 34.9 Å². The SMILES string of the molecule is Fc1cccc(CNC2CCCc3sccc32)c1. The zero-order valence-electron chi connectivity index (χ0n) is 10.2. The fourth-order valence-corrected chi connectivity index (χ4v) is 3.57. The Bertz CT molecular complexity index is 535. The molecular weight excluding hydrogens is 245 g/mol. The van der Waals surface area contributed by atoms with Crippen molar-refractivity contribution < 1.29 is 4.39 Å². The smallest absolute Gasteiger partial charge is 0.123 e. The summed E-state index contributed by atoms with van der Waals surface area (Å²) < 4.78 is 13.1. The molecule has 3 heteroatoms. The van der Waals surface area contributed by atoms with E-state index in [1.807, 2.05) is 17.4 Å². The lowest BCUT2D eigenvalue weighted by Crippen LogP contribution is -2.23. The maximum Gasteiger partial charge on any atom is 0.123 e. The summed E-state index contributed by atoms with van der Waals surface area (Å²) in [4.78, 5) is 1.51. The lowest BCUT2D eigenvalue weighted by molar-refractivity contribution is 0.462. The molecular formula is C15H16FNS. The van der Waals surface area contributed by atoms with E-state index in [1.54, 1.807) is 12.1 Å². The lowest BCUT2D eigenvalue weighted by atomic mass is 9.94. The first-order chi connectivity index (χ1) is 8.83. The Kier molecular flexibility index (Phi) is 3.43. The first-order valence-corrected chi connectivity index (χ1v) is 7.25. The summed E-state index contributed by atoms with van der Waals surface area (Å²) in [5.74, 6) is -0.158. The molecule has 0 spiro atoms. The van der Waals surface area contributed by atoms with Gasteiger partial charge in [0.1, 0.15) is 5.82 Å². The Balaban J connectivity index is 1.68. The van der Waals surface area contributed by atoms with Gasteiger partial charge in [0.15, 0.2) is 0 Å². The molecule has 1 atom stereocenters. The third kappa shape index (κ3) is 2.47. The minimum Gasteiger partial charge on any atom is -0.306 e. The Labute approximate surface area is 111 Å². The van der Waals surface area contributed by atoms with Crippen LogP contribution in [0.3, 0.4) is 0 Å². The van der Waals surface area contributed by atoms with Gasteiger partial charge < -0.3 is 5.32 Å². The van der Waals surface area contributed by atoms with Crippen LogP contribution in [0.5, 0.6) is 0 Å². The minimum atomic E-state index is -0.158. The van der Waals surface area contributed by atoms with Crippen molar-refractivity contribution in [2.75, 3.05) is 0 Å². The summed E-state index contributed by atoms with van der Waals surface area (Å²) >= 11 is 1.85. The predicted molar refractivity (Wildman–Crippen MR) is 73.2 cm³/mol. The average Bonchev–Trinajstić information content (AvgIpc) is 2.85. The van der Waals surface area contributed by atoms with Gasteiger partial charge in [0, 0.05) is 17.5 Å². The van der Waals surface area contributed by atoms with Crippen molar-refractivity contribution in [1.82, 2.24) is 5.32 Å². The molecule has 1 aliphatic carbocycles. The van der Waals surface area contributed by atoms with E-state index in [1.165, 1.54) is 35.8 Å². The number of thiophene rings is 1. The maximum absolute atomic E-state index is 13.1. The normalized spacial score (nSPS) is 18.6. The zero-order valence-corrected chi connectivity index (χ0v) is 11.0. The fraction of sp³-hybridized carbons (Fsp3) is 0.333. The fourth-order valence-electron chi connectivity index (χ4n) is 2.59. The summed E-state index contributed by atoms with van der Waals surface area (Å²) in [6.07, 6.45) is 3.64. The summed E-state index contributed by atoms with van der Waals surface area (Å²) in [6, 6.07) is 9.48. The van der Waals surface area contributed by atoms with Crippen LogP contribution in [0.25, 0.3) is 0 Å². The van der Waals surface area contributed by atoms with Crippen molar-refractivity contribution in [3.63, 3.8) is 0 Å². The Morgan fingerprint density at radius 1 is 1.33 bits per heavy atom. The van der Waals surface area contributed by atoms with Crippen LogP contribution in [0, 0.1) is 5.82 Å². The molecule has 0 amide bonds. The van der Waals surface area contributed by atoms with E-state index in [0.717, 1.165) is 12.1 Å². The second kappa shape index (κ2) is 5.21. The molecule has 0 bridgehead atoms. The number of halogens is 1. The van der Waals surface area contributed by atoms with E-state index in [0.29, 0.717) is 6.04 Å². The van der Waals surface area contributed by atoms with Crippen molar-refractivity contribution >= 4 is 11.3 Å². The molecule has 3 rings (SSSR count). The quantitative estimate of drug-likeness (QED) is 0.878. The van der Waals surface area contributed by atoms with Crippen LogP contribution in [-0.2, 0) is 13.0 Å². The van der Waals surface area contributed by atoms with Crippen molar-refractivity contribution in [3.8, 4) is 0 Å². The Morgan fingerprint density at radius 3 is 3.17 bits per heavy atom. The van der Waals surface area contributed by atoms with Crippen molar-refractivity contribution in [3.05, 3.63) is 57.5 Å². The molecule has 0 aliphatic heterocycles. The number of aryl methyl sites for hydroxylation is 1. The molecule has 1 aliphatic rings. The number of rotatable bonds is 3. The van der Waals surface area contributed by atoms with E-state index >= 15 is 0 Å². The zero-order chi connectivity index (χ0) is 12.4. The largest absolute Gasteiger partial charge is 0.306 e. The van der Waals surface area contributed by atoms with Crippen LogP contribution in [0.4, 0.5) is 4.39 Å². The Hall–Kier alpha value is -1.19. The van der Waals surface area contributed by atoms with Gasteiger partial charge in [-0.1, -0.05) is 12.1 Å². The third-order valence-electron chi connectivity index (χ3n) is 3.49. The van der Waals surface area contributed by atoms with E-state index in [-0.39, 0.29) is 5.82 Å². The summed E-state index contributed by atoms with van der Waals surface area (Å²) in [7, 11) is 0. The highest BCUT2D eigenvalue weighted by Crippen LogP contribution is 2.33. The topological polar surface area (TPSA) is 12.0 Å². The number of nitrogens with one attached hydrogen (secondary N) is 1. The predicted octanol–water partition coefficient (Wildman–Crippen LogP) is 4.05. The molecule has 1 heterocycles. The molecule has 1 aromatic carbocycles. The summed E-state index contributed by atoms with van der Waals surface area (Å²) in [5.41, 5.74) is 2.46. The average molecular weight is 261 g/mol. The highest BCUT2D eigenvalue weighted by atomic mass is 32.1. The summed E-state index contributed by atoms with van der Waals surface area (Å²) in [6.45, 7) is 0.734.